The molecule has 1 rings (SSSR count). The van der Waals surface area contributed by atoms with E-state index in [1.54, 1.807) is 13.2 Å². The molecule has 0 aliphatic heterocycles. The fourth-order valence-corrected chi connectivity index (χ4v) is 2.45. The first-order valence-corrected chi connectivity index (χ1v) is 7.90. The number of hydrogen-bond acceptors (Lipinski definition) is 3. The molecule has 0 aromatic carbocycles. The smallest absolute Gasteiger partial charge is 0.191 e. The molecule has 5 nitrogen and oxygen atoms in total. The highest BCUT2D eigenvalue weighted by Crippen LogP contribution is 2.13. The van der Waals surface area contributed by atoms with Gasteiger partial charge in [0.05, 0.1) is 0 Å². The van der Waals surface area contributed by atoms with Gasteiger partial charge in [-0.1, -0.05) is 31.5 Å². The van der Waals surface area contributed by atoms with Gasteiger partial charge in [-0.05, 0) is 37.6 Å². The maximum Gasteiger partial charge on any atom is 0.191 e. The number of hydrogen-bond donors (Lipinski definition) is 2. The lowest BCUT2D eigenvalue weighted by Gasteiger charge is -2.29. The van der Waals surface area contributed by atoms with E-state index < -0.39 is 0 Å². The summed E-state index contributed by atoms with van der Waals surface area (Å²) >= 11 is 5.78. The maximum absolute atomic E-state index is 5.78. The molecule has 0 radical (unpaired) electrons. The van der Waals surface area contributed by atoms with Gasteiger partial charge < -0.3 is 15.5 Å². The highest BCUT2D eigenvalue weighted by Gasteiger charge is 2.19. The summed E-state index contributed by atoms with van der Waals surface area (Å²) in [4.78, 5) is 10.5. The van der Waals surface area contributed by atoms with Gasteiger partial charge in [0, 0.05) is 32.9 Å². The van der Waals surface area contributed by atoms with Crippen LogP contribution in [0, 0.1) is 5.41 Å². The Morgan fingerprint density at radius 1 is 1.30 bits per heavy atom. The first-order chi connectivity index (χ1) is 10.3. The zero-order valence-electron chi connectivity index (χ0n) is 14.7. The molecule has 0 aliphatic rings. The predicted octanol–water partition coefficient (Wildman–Crippen LogP) is 2.65. The summed E-state index contributed by atoms with van der Waals surface area (Å²) < 4.78 is 0. The molecular weight excluding hydrogens is 425 g/mol. The second-order valence-corrected chi connectivity index (χ2v) is 6.88. The van der Waals surface area contributed by atoms with E-state index in [9.17, 15) is 0 Å². The van der Waals surface area contributed by atoms with Crippen LogP contribution in [0.5, 0.6) is 0 Å². The molecule has 0 fully saturated rings. The van der Waals surface area contributed by atoms with Crippen molar-refractivity contribution in [2.45, 2.75) is 20.3 Å². The van der Waals surface area contributed by atoms with Crippen molar-refractivity contribution in [1.29, 1.82) is 0 Å². The number of rotatable bonds is 7. The minimum atomic E-state index is 0. The van der Waals surface area contributed by atoms with Crippen LogP contribution in [0.25, 0.3) is 0 Å². The van der Waals surface area contributed by atoms with Crippen LogP contribution in [0.1, 0.15) is 19.4 Å². The lowest BCUT2D eigenvalue weighted by Crippen LogP contribution is -2.45. The number of aromatic nitrogens is 1. The molecule has 0 bridgehead atoms. The largest absolute Gasteiger partial charge is 0.356 e. The summed E-state index contributed by atoms with van der Waals surface area (Å²) in [5, 5.41) is 7.23. The minimum absolute atomic E-state index is 0. The summed E-state index contributed by atoms with van der Waals surface area (Å²) in [6, 6.07) is 3.81. The summed E-state index contributed by atoms with van der Waals surface area (Å²) in [5.74, 6) is 0.828. The van der Waals surface area contributed by atoms with Crippen LogP contribution in [0.3, 0.4) is 0 Å². The van der Waals surface area contributed by atoms with Gasteiger partial charge in [-0.15, -0.1) is 24.0 Å². The van der Waals surface area contributed by atoms with Gasteiger partial charge >= 0.3 is 0 Å². The third-order valence-corrected chi connectivity index (χ3v) is 3.42. The zero-order chi connectivity index (χ0) is 16.6. The van der Waals surface area contributed by atoms with Crippen molar-refractivity contribution in [2.24, 2.45) is 10.4 Å². The van der Waals surface area contributed by atoms with E-state index in [4.69, 9.17) is 11.6 Å². The van der Waals surface area contributed by atoms with E-state index in [2.05, 4.69) is 53.5 Å². The molecule has 0 aliphatic carbocycles. The number of guanidine groups is 1. The highest BCUT2D eigenvalue weighted by atomic mass is 127. The van der Waals surface area contributed by atoms with Crippen LogP contribution in [0.15, 0.2) is 23.3 Å². The average Bonchev–Trinajstić information content (AvgIpc) is 2.43. The Balaban J connectivity index is 0.00000484. The Hall–Kier alpha value is -0.600. The molecule has 1 heterocycles. The molecular formula is C16H29ClIN5. The monoisotopic (exact) mass is 453 g/mol. The number of halogens is 2. The van der Waals surface area contributed by atoms with Crippen LogP contribution >= 0.6 is 35.6 Å². The number of nitrogens with zero attached hydrogens (tertiary/aromatic N) is 3. The normalized spacial score (nSPS) is 12.0. The highest BCUT2D eigenvalue weighted by molar-refractivity contribution is 14.0. The SMILES string of the molecule is CN=C(NCCc1ccc(Cl)nc1)NCC(C)(C)CN(C)C.I. The number of nitrogens with one attached hydrogen (secondary N) is 2. The second kappa shape index (κ2) is 11.0. The van der Waals surface area contributed by atoms with E-state index in [1.165, 1.54) is 0 Å². The van der Waals surface area contributed by atoms with Crippen molar-refractivity contribution >= 4 is 41.5 Å². The molecule has 1 aromatic heterocycles. The van der Waals surface area contributed by atoms with Crippen molar-refractivity contribution < 1.29 is 0 Å². The third kappa shape index (κ3) is 9.99. The van der Waals surface area contributed by atoms with Gasteiger partial charge in [-0.2, -0.15) is 0 Å². The molecule has 0 amide bonds. The van der Waals surface area contributed by atoms with Gasteiger partial charge in [0.2, 0.25) is 0 Å². The molecule has 0 saturated heterocycles. The third-order valence-electron chi connectivity index (χ3n) is 3.20. The van der Waals surface area contributed by atoms with E-state index in [-0.39, 0.29) is 29.4 Å². The Kier molecular flexibility index (Phi) is 10.8. The summed E-state index contributed by atoms with van der Waals surface area (Å²) in [7, 11) is 5.97. The topological polar surface area (TPSA) is 52.6 Å². The molecule has 0 unspecified atom stereocenters. The molecule has 0 saturated carbocycles. The summed E-state index contributed by atoms with van der Waals surface area (Å²) in [5.41, 5.74) is 1.33. The van der Waals surface area contributed by atoms with Gasteiger partial charge in [-0.3, -0.25) is 4.99 Å². The van der Waals surface area contributed by atoms with Gasteiger partial charge in [0.15, 0.2) is 5.96 Å². The Bertz CT molecular complexity index is 474. The van der Waals surface area contributed by atoms with E-state index >= 15 is 0 Å². The Labute approximate surface area is 162 Å². The fourth-order valence-electron chi connectivity index (χ4n) is 2.34. The van der Waals surface area contributed by atoms with Crippen molar-refractivity contribution in [2.75, 3.05) is 40.8 Å². The first-order valence-electron chi connectivity index (χ1n) is 7.52. The second-order valence-electron chi connectivity index (χ2n) is 6.49. The van der Waals surface area contributed by atoms with E-state index in [0.717, 1.165) is 37.6 Å². The van der Waals surface area contributed by atoms with Crippen LogP contribution in [0.2, 0.25) is 5.15 Å². The quantitative estimate of drug-likeness (QED) is 0.288. The number of pyridine rings is 1. The summed E-state index contributed by atoms with van der Waals surface area (Å²) in [6.07, 6.45) is 2.69. The van der Waals surface area contributed by atoms with Crippen LogP contribution in [-0.2, 0) is 6.42 Å². The molecule has 2 N–H and O–H groups in total. The molecule has 23 heavy (non-hydrogen) atoms. The number of aliphatic imine (C=N–C) groups is 1. The van der Waals surface area contributed by atoms with Gasteiger partial charge in [0.1, 0.15) is 5.15 Å². The van der Waals surface area contributed by atoms with E-state index in [1.807, 2.05) is 12.1 Å². The molecule has 1 aromatic rings. The average molecular weight is 454 g/mol. The minimum Gasteiger partial charge on any atom is -0.356 e. The van der Waals surface area contributed by atoms with Crippen LogP contribution < -0.4 is 10.6 Å². The molecule has 0 atom stereocenters. The van der Waals surface area contributed by atoms with Crippen molar-refractivity contribution in [1.82, 2.24) is 20.5 Å². The van der Waals surface area contributed by atoms with Gasteiger partial charge in [-0.25, -0.2) is 4.98 Å². The predicted molar refractivity (Wildman–Crippen MR) is 110 cm³/mol. The van der Waals surface area contributed by atoms with Crippen LogP contribution in [-0.4, -0.2) is 56.6 Å². The Morgan fingerprint density at radius 3 is 2.52 bits per heavy atom. The maximum atomic E-state index is 5.78. The van der Waals surface area contributed by atoms with E-state index in [0.29, 0.717) is 5.15 Å². The molecule has 7 heteroatoms. The molecule has 132 valence electrons. The summed E-state index contributed by atoms with van der Waals surface area (Å²) in [6.45, 7) is 7.18. The van der Waals surface area contributed by atoms with Gasteiger partial charge in [0.25, 0.3) is 0 Å². The standard InChI is InChI=1S/C16H28ClN5.HI/c1-16(2,12-22(4)5)11-21-15(18-3)19-9-8-13-6-7-14(17)20-10-13;/h6-7,10H,8-9,11-12H2,1-5H3,(H2,18,19,21);1H. The van der Waals surface area contributed by atoms with Crippen molar-refractivity contribution in [3.05, 3.63) is 29.0 Å². The molecule has 0 spiro atoms. The lowest BCUT2D eigenvalue weighted by atomic mass is 9.93. The van der Waals surface area contributed by atoms with Crippen molar-refractivity contribution in [3.8, 4) is 0 Å². The Morgan fingerprint density at radius 2 is 2.00 bits per heavy atom. The first kappa shape index (κ1) is 22.4. The fraction of sp³-hybridized carbons (Fsp3) is 0.625. The zero-order valence-corrected chi connectivity index (χ0v) is 17.8. The lowest BCUT2D eigenvalue weighted by molar-refractivity contribution is 0.241. The van der Waals surface area contributed by atoms with Crippen LogP contribution in [0.4, 0.5) is 0 Å². The van der Waals surface area contributed by atoms with Crippen molar-refractivity contribution in [3.63, 3.8) is 0 Å².